The van der Waals surface area contributed by atoms with Crippen molar-refractivity contribution in [2.45, 2.75) is 6.42 Å². The molecule has 1 amide bonds. The van der Waals surface area contributed by atoms with Crippen LogP contribution in [0.1, 0.15) is 5.56 Å². The monoisotopic (exact) mass is 279 g/mol. The Balaban J connectivity index is 1.70. The zero-order valence-electron chi connectivity index (χ0n) is 11.2. The quantitative estimate of drug-likeness (QED) is 0.791. The summed E-state index contributed by atoms with van der Waals surface area (Å²) in [5, 5.41) is 6.85. The molecular formula is C15H13N5O. The van der Waals surface area contributed by atoms with Crippen LogP contribution in [0.3, 0.4) is 0 Å². The van der Waals surface area contributed by atoms with Crippen LogP contribution >= 0.6 is 0 Å². The van der Waals surface area contributed by atoms with Crippen molar-refractivity contribution in [3.8, 4) is 5.82 Å². The molecule has 0 radical (unpaired) electrons. The number of hydrogen-bond donors (Lipinski definition) is 1. The van der Waals surface area contributed by atoms with Crippen LogP contribution in [0, 0.1) is 0 Å². The van der Waals surface area contributed by atoms with Gasteiger partial charge in [0, 0.05) is 18.5 Å². The molecule has 0 bridgehead atoms. The van der Waals surface area contributed by atoms with Gasteiger partial charge < -0.3 is 5.32 Å². The predicted octanol–water partition coefficient (Wildman–Crippen LogP) is 1.84. The molecule has 0 aliphatic rings. The highest BCUT2D eigenvalue weighted by atomic mass is 16.1. The molecule has 1 aromatic carbocycles. The lowest BCUT2D eigenvalue weighted by Gasteiger charge is -2.06. The Kier molecular flexibility index (Phi) is 3.68. The summed E-state index contributed by atoms with van der Waals surface area (Å²) in [4.78, 5) is 20.1. The standard InChI is InChI=1S/C15H13N5O/c21-15(9-12-5-2-1-3-6-12)19-13-10-14(17-11-16-13)20-8-4-7-18-20/h1-8,10-11H,9H2,(H,16,17,19,21). The fourth-order valence-corrected chi connectivity index (χ4v) is 1.91. The van der Waals surface area contributed by atoms with E-state index in [4.69, 9.17) is 0 Å². The molecule has 0 saturated carbocycles. The third-order valence-electron chi connectivity index (χ3n) is 2.87. The van der Waals surface area contributed by atoms with Gasteiger partial charge in [0.2, 0.25) is 5.91 Å². The van der Waals surface area contributed by atoms with Crippen molar-refractivity contribution in [3.63, 3.8) is 0 Å². The smallest absolute Gasteiger partial charge is 0.229 e. The number of nitrogens with zero attached hydrogens (tertiary/aromatic N) is 4. The first kappa shape index (κ1) is 13.0. The molecule has 0 saturated heterocycles. The number of anilines is 1. The highest BCUT2D eigenvalue weighted by Crippen LogP contribution is 2.09. The van der Waals surface area contributed by atoms with Gasteiger partial charge in [-0.05, 0) is 11.6 Å². The maximum absolute atomic E-state index is 12.0. The van der Waals surface area contributed by atoms with Gasteiger partial charge in [-0.2, -0.15) is 5.10 Å². The first-order valence-corrected chi connectivity index (χ1v) is 6.47. The highest BCUT2D eigenvalue weighted by molar-refractivity contribution is 5.91. The van der Waals surface area contributed by atoms with Gasteiger partial charge in [-0.3, -0.25) is 4.79 Å². The van der Waals surface area contributed by atoms with Crippen molar-refractivity contribution in [2.75, 3.05) is 5.32 Å². The highest BCUT2D eigenvalue weighted by Gasteiger charge is 2.06. The molecule has 2 aromatic heterocycles. The first-order valence-electron chi connectivity index (χ1n) is 6.47. The molecule has 3 rings (SSSR count). The third-order valence-corrected chi connectivity index (χ3v) is 2.87. The Morgan fingerprint density at radius 2 is 2.00 bits per heavy atom. The van der Waals surface area contributed by atoms with E-state index >= 15 is 0 Å². The molecular weight excluding hydrogens is 266 g/mol. The Hall–Kier alpha value is -3.02. The maximum atomic E-state index is 12.0. The van der Waals surface area contributed by atoms with Crippen LogP contribution in [0.4, 0.5) is 5.82 Å². The number of hydrogen-bond acceptors (Lipinski definition) is 4. The average molecular weight is 279 g/mol. The summed E-state index contributed by atoms with van der Waals surface area (Å²) in [6, 6.07) is 13.0. The molecule has 0 aliphatic heterocycles. The molecule has 3 aromatic rings. The minimum Gasteiger partial charge on any atom is -0.310 e. The number of benzene rings is 1. The van der Waals surface area contributed by atoms with Crippen LogP contribution in [-0.2, 0) is 11.2 Å². The van der Waals surface area contributed by atoms with Crippen LogP contribution in [-0.4, -0.2) is 25.7 Å². The minimum atomic E-state index is -0.119. The van der Waals surface area contributed by atoms with Gasteiger partial charge >= 0.3 is 0 Å². The van der Waals surface area contributed by atoms with Crippen molar-refractivity contribution in [1.82, 2.24) is 19.7 Å². The van der Waals surface area contributed by atoms with E-state index in [-0.39, 0.29) is 5.91 Å². The van der Waals surface area contributed by atoms with Gasteiger partial charge in [-0.1, -0.05) is 30.3 Å². The lowest BCUT2D eigenvalue weighted by Crippen LogP contribution is -2.15. The molecule has 21 heavy (non-hydrogen) atoms. The average Bonchev–Trinajstić information content (AvgIpc) is 3.02. The molecule has 0 fully saturated rings. The summed E-state index contributed by atoms with van der Waals surface area (Å²) < 4.78 is 1.61. The lowest BCUT2D eigenvalue weighted by atomic mass is 10.1. The summed E-state index contributed by atoms with van der Waals surface area (Å²) in [7, 11) is 0. The van der Waals surface area contributed by atoms with Crippen LogP contribution in [0.5, 0.6) is 0 Å². The van der Waals surface area contributed by atoms with E-state index in [1.807, 2.05) is 30.3 Å². The summed E-state index contributed by atoms with van der Waals surface area (Å²) in [5.41, 5.74) is 0.955. The van der Waals surface area contributed by atoms with Gasteiger partial charge in [0.05, 0.1) is 6.42 Å². The molecule has 0 spiro atoms. The van der Waals surface area contributed by atoms with Crippen molar-refractivity contribution >= 4 is 11.7 Å². The minimum absolute atomic E-state index is 0.119. The van der Waals surface area contributed by atoms with Crippen molar-refractivity contribution in [2.24, 2.45) is 0 Å². The maximum Gasteiger partial charge on any atom is 0.229 e. The number of rotatable bonds is 4. The van der Waals surface area contributed by atoms with E-state index in [2.05, 4.69) is 20.4 Å². The van der Waals surface area contributed by atoms with E-state index in [1.54, 1.807) is 29.2 Å². The fraction of sp³-hybridized carbons (Fsp3) is 0.0667. The van der Waals surface area contributed by atoms with Crippen LogP contribution in [0.2, 0.25) is 0 Å². The topological polar surface area (TPSA) is 72.7 Å². The summed E-state index contributed by atoms with van der Waals surface area (Å²) in [6.45, 7) is 0. The van der Waals surface area contributed by atoms with Crippen molar-refractivity contribution in [3.05, 3.63) is 66.7 Å². The second-order valence-corrected chi connectivity index (χ2v) is 4.42. The van der Waals surface area contributed by atoms with Crippen molar-refractivity contribution < 1.29 is 4.79 Å². The number of carbonyl (C=O) groups excluding carboxylic acids is 1. The van der Waals surface area contributed by atoms with Crippen LogP contribution in [0.25, 0.3) is 5.82 Å². The lowest BCUT2D eigenvalue weighted by molar-refractivity contribution is -0.115. The van der Waals surface area contributed by atoms with Gasteiger partial charge in [0.25, 0.3) is 0 Å². The van der Waals surface area contributed by atoms with E-state index in [1.165, 1.54) is 6.33 Å². The molecule has 6 nitrogen and oxygen atoms in total. The second-order valence-electron chi connectivity index (χ2n) is 4.42. The van der Waals surface area contributed by atoms with Gasteiger partial charge in [0.15, 0.2) is 5.82 Å². The zero-order chi connectivity index (χ0) is 14.5. The number of carbonyl (C=O) groups is 1. The Morgan fingerprint density at radius 3 is 2.76 bits per heavy atom. The Morgan fingerprint density at radius 1 is 1.14 bits per heavy atom. The number of aromatic nitrogens is 4. The van der Waals surface area contributed by atoms with Gasteiger partial charge in [0.1, 0.15) is 12.1 Å². The SMILES string of the molecule is O=C(Cc1ccccc1)Nc1cc(-n2cccn2)ncn1. The zero-order valence-corrected chi connectivity index (χ0v) is 11.2. The van der Waals surface area contributed by atoms with Gasteiger partial charge in [-0.25, -0.2) is 14.6 Å². The summed E-state index contributed by atoms with van der Waals surface area (Å²) in [5.74, 6) is 0.938. The Bertz CT molecular complexity index is 725. The van der Waals surface area contributed by atoms with Crippen LogP contribution < -0.4 is 5.32 Å². The van der Waals surface area contributed by atoms with E-state index < -0.39 is 0 Å². The summed E-state index contributed by atoms with van der Waals surface area (Å²) in [6.07, 6.45) is 5.14. The van der Waals surface area contributed by atoms with E-state index in [0.717, 1.165) is 5.56 Å². The fourth-order valence-electron chi connectivity index (χ4n) is 1.91. The predicted molar refractivity (Wildman–Crippen MR) is 77.9 cm³/mol. The molecule has 0 unspecified atom stereocenters. The molecule has 6 heteroatoms. The van der Waals surface area contributed by atoms with Crippen molar-refractivity contribution in [1.29, 1.82) is 0 Å². The third kappa shape index (κ3) is 3.30. The molecule has 1 N–H and O–H groups in total. The second kappa shape index (κ2) is 5.96. The molecule has 0 atom stereocenters. The normalized spacial score (nSPS) is 10.3. The van der Waals surface area contributed by atoms with E-state index in [9.17, 15) is 4.79 Å². The molecule has 104 valence electrons. The Labute approximate surface area is 121 Å². The summed E-state index contributed by atoms with van der Waals surface area (Å²) >= 11 is 0. The number of amides is 1. The van der Waals surface area contributed by atoms with E-state index in [0.29, 0.717) is 18.1 Å². The number of nitrogens with one attached hydrogen (secondary N) is 1. The largest absolute Gasteiger partial charge is 0.310 e. The molecule has 2 heterocycles. The van der Waals surface area contributed by atoms with Gasteiger partial charge in [-0.15, -0.1) is 0 Å². The van der Waals surface area contributed by atoms with Crippen LogP contribution in [0.15, 0.2) is 61.2 Å². The molecule has 0 aliphatic carbocycles. The first-order chi connectivity index (χ1) is 10.3.